The molecule has 0 unspecified atom stereocenters. The average Bonchev–Trinajstić information content (AvgIpc) is 2.81. The van der Waals surface area contributed by atoms with Crippen LogP contribution in [0.5, 0.6) is 11.5 Å². The van der Waals surface area contributed by atoms with Crippen molar-refractivity contribution in [1.29, 1.82) is 0 Å². The smallest absolute Gasteiger partial charge is 0.276 e. The van der Waals surface area contributed by atoms with E-state index in [-0.39, 0.29) is 12.2 Å². The van der Waals surface area contributed by atoms with Crippen LogP contribution in [0, 0.1) is 13.8 Å². The summed E-state index contributed by atoms with van der Waals surface area (Å²) in [5.41, 5.74) is 2.28. The molecule has 3 rings (SSSR count). The summed E-state index contributed by atoms with van der Waals surface area (Å²) in [5.74, 6) is 0.996. The molecule has 0 aliphatic carbocycles. The van der Waals surface area contributed by atoms with Crippen LogP contribution in [-0.2, 0) is 6.42 Å². The van der Waals surface area contributed by atoms with Crippen molar-refractivity contribution < 1.29 is 14.6 Å². The molecule has 2 aromatic heterocycles. The Hall–Kier alpha value is -3.19. The zero-order valence-corrected chi connectivity index (χ0v) is 21.8. The van der Waals surface area contributed by atoms with Crippen LogP contribution in [0.4, 0.5) is 0 Å². The van der Waals surface area contributed by atoms with Crippen LogP contribution >= 0.6 is 0 Å². The fraction of sp³-hybridized carbons (Fsp3) is 0.444. The molecule has 34 heavy (non-hydrogen) atoms. The molecule has 0 atom stereocenters. The van der Waals surface area contributed by atoms with Gasteiger partial charge in [-0.2, -0.15) is 0 Å². The van der Waals surface area contributed by atoms with Crippen LogP contribution < -0.4 is 15.0 Å². The monoisotopic (exact) mass is 469 g/mol. The zero-order valence-electron chi connectivity index (χ0n) is 21.8. The van der Waals surface area contributed by atoms with Crippen LogP contribution in [-0.4, -0.2) is 39.0 Å². The molecule has 0 fully saturated rings. The highest BCUT2D eigenvalue weighted by molar-refractivity contribution is 5.49. The number of aryl methyl sites for hydroxylation is 3. The highest BCUT2D eigenvalue weighted by atomic mass is 16.5. The van der Waals surface area contributed by atoms with Gasteiger partial charge in [0.1, 0.15) is 12.3 Å². The first-order chi connectivity index (χ1) is 16.1. The summed E-state index contributed by atoms with van der Waals surface area (Å²) in [6.45, 7) is 13.3. The van der Waals surface area contributed by atoms with E-state index in [4.69, 9.17) is 9.47 Å². The number of rotatable bonds is 7. The highest BCUT2D eigenvalue weighted by Crippen LogP contribution is 2.29. The highest BCUT2D eigenvalue weighted by Gasteiger charge is 2.16. The van der Waals surface area contributed by atoms with Crippen LogP contribution in [0.1, 0.15) is 58.1 Å². The summed E-state index contributed by atoms with van der Waals surface area (Å²) in [4.78, 5) is 20.4. The van der Waals surface area contributed by atoms with Crippen LogP contribution in [0.15, 0.2) is 53.6 Å². The van der Waals surface area contributed by atoms with Crippen molar-refractivity contribution in [3.05, 3.63) is 76.2 Å². The molecule has 0 aliphatic rings. The van der Waals surface area contributed by atoms with E-state index in [0.717, 1.165) is 12.1 Å². The van der Waals surface area contributed by atoms with E-state index in [0.29, 0.717) is 22.9 Å². The number of hydrogen-bond donors (Lipinski definition) is 1. The fourth-order valence-electron chi connectivity index (χ4n) is 2.89. The van der Waals surface area contributed by atoms with Crippen molar-refractivity contribution >= 4 is 0 Å². The first kappa shape index (κ1) is 28.8. The van der Waals surface area contributed by atoms with Gasteiger partial charge in [0, 0.05) is 29.8 Å². The van der Waals surface area contributed by atoms with Crippen molar-refractivity contribution in [3.8, 4) is 17.2 Å². The number of nitrogens with zero attached hydrogens (tertiary/aromatic N) is 3. The van der Waals surface area contributed by atoms with Gasteiger partial charge in [-0.15, -0.1) is 0 Å². The lowest BCUT2D eigenvalue weighted by molar-refractivity contribution is 0.0276. The molecule has 0 bridgehead atoms. The number of pyridine rings is 1. The van der Waals surface area contributed by atoms with Gasteiger partial charge in [0.15, 0.2) is 11.5 Å². The van der Waals surface area contributed by atoms with Gasteiger partial charge in [0.2, 0.25) is 0 Å². The van der Waals surface area contributed by atoms with Gasteiger partial charge in [-0.05, 0) is 58.4 Å². The van der Waals surface area contributed by atoms with Gasteiger partial charge in [0.25, 0.3) is 5.56 Å². The third-order valence-corrected chi connectivity index (χ3v) is 4.47. The Kier molecular flexibility index (Phi) is 12.0. The number of aromatic nitrogens is 3. The molecule has 1 aromatic carbocycles. The SMILES string of the molecule is CC.CCCc1cccc(C)n1.COc1cc(-n2ccnc(C)c2=O)ccc1OCC(C)(C)O. The van der Waals surface area contributed by atoms with E-state index in [9.17, 15) is 9.90 Å². The standard InChI is InChI=1S/C16H20N2O4.C9H13N.C2H6/c1-11-15(19)18(8-7-17-11)12-5-6-13(14(9-12)21-4)22-10-16(2,3)20;1-3-5-9-7-4-6-8(2)10-9;1-2/h5-9,20H,10H2,1-4H3;4,6-7H,3,5H2,1-2H3;1-2H3. The number of ether oxygens (including phenoxy) is 2. The molecule has 1 N–H and O–H groups in total. The van der Waals surface area contributed by atoms with Crippen molar-refractivity contribution in [2.75, 3.05) is 13.7 Å². The minimum absolute atomic E-state index is 0.136. The quantitative estimate of drug-likeness (QED) is 0.520. The number of aliphatic hydroxyl groups is 1. The lowest BCUT2D eigenvalue weighted by atomic mass is 10.2. The summed E-state index contributed by atoms with van der Waals surface area (Å²) in [5, 5.41) is 9.72. The van der Waals surface area contributed by atoms with Crippen LogP contribution in [0.25, 0.3) is 5.69 Å². The Balaban J connectivity index is 0.000000402. The summed E-state index contributed by atoms with van der Waals surface area (Å²) in [6.07, 6.45) is 5.45. The van der Waals surface area contributed by atoms with E-state index < -0.39 is 5.60 Å². The van der Waals surface area contributed by atoms with Gasteiger partial charge in [-0.1, -0.05) is 33.3 Å². The van der Waals surface area contributed by atoms with Gasteiger partial charge in [-0.25, -0.2) is 0 Å². The van der Waals surface area contributed by atoms with Crippen LogP contribution in [0.3, 0.4) is 0 Å². The average molecular weight is 470 g/mol. The second-order valence-electron chi connectivity index (χ2n) is 8.14. The molecule has 0 aliphatic heterocycles. The van der Waals surface area contributed by atoms with E-state index in [1.165, 1.54) is 23.8 Å². The molecule has 2 heterocycles. The second kappa shape index (κ2) is 14.2. The Labute approximate surface area is 203 Å². The van der Waals surface area contributed by atoms with E-state index in [1.54, 1.807) is 51.4 Å². The topological polar surface area (TPSA) is 86.5 Å². The van der Waals surface area contributed by atoms with Gasteiger partial charge >= 0.3 is 0 Å². The normalized spacial score (nSPS) is 10.4. The minimum Gasteiger partial charge on any atom is -0.493 e. The van der Waals surface area contributed by atoms with Gasteiger partial charge in [0.05, 0.1) is 18.4 Å². The van der Waals surface area contributed by atoms with Gasteiger partial charge in [-0.3, -0.25) is 19.3 Å². The summed E-state index contributed by atoms with van der Waals surface area (Å²) in [6, 6.07) is 11.3. The molecular weight excluding hydrogens is 430 g/mol. The second-order valence-corrected chi connectivity index (χ2v) is 8.14. The maximum absolute atomic E-state index is 12.1. The summed E-state index contributed by atoms with van der Waals surface area (Å²) in [7, 11) is 1.52. The Morgan fingerprint density at radius 2 is 1.79 bits per heavy atom. The van der Waals surface area contributed by atoms with Crippen molar-refractivity contribution in [3.63, 3.8) is 0 Å². The molecule has 0 radical (unpaired) electrons. The number of hydrogen-bond acceptors (Lipinski definition) is 6. The van der Waals surface area contributed by atoms with E-state index in [1.807, 2.05) is 26.8 Å². The molecule has 186 valence electrons. The van der Waals surface area contributed by atoms with E-state index in [2.05, 4.69) is 29.0 Å². The Morgan fingerprint density at radius 3 is 2.38 bits per heavy atom. The molecule has 0 saturated heterocycles. The third-order valence-electron chi connectivity index (χ3n) is 4.47. The lowest BCUT2D eigenvalue weighted by Crippen LogP contribution is -2.28. The first-order valence-electron chi connectivity index (χ1n) is 11.6. The van der Waals surface area contributed by atoms with Crippen molar-refractivity contribution in [2.24, 2.45) is 0 Å². The van der Waals surface area contributed by atoms with Crippen molar-refractivity contribution in [1.82, 2.24) is 14.5 Å². The fourth-order valence-corrected chi connectivity index (χ4v) is 2.89. The maximum Gasteiger partial charge on any atom is 0.276 e. The predicted molar refractivity (Wildman–Crippen MR) is 137 cm³/mol. The summed E-state index contributed by atoms with van der Waals surface area (Å²) >= 11 is 0. The van der Waals surface area contributed by atoms with Crippen molar-refractivity contribution in [2.45, 2.75) is 66.9 Å². The Morgan fingerprint density at radius 1 is 1.09 bits per heavy atom. The maximum atomic E-state index is 12.1. The summed E-state index contributed by atoms with van der Waals surface area (Å²) < 4.78 is 12.4. The number of benzene rings is 1. The molecular formula is C27H39N3O4. The largest absolute Gasteiger partial charge is 0.493 e. The van der Waals surface area contributed by atoms with Crippen LogP contribution in [0.2, 0.25) is 0 Å². The molecule has 7 nitrogen and oxygen atoms in total. The van der Waals surface area contributed by atoms with Gasteiger partial charge < -0.3 is 14.6 Å². The first-order valence-corrected chi connectivity index (χ1v) is 11.6. The molecule has 3 aromatic rings. The number of methoxy groups -OCH3 is 1. The molecule has 0 amide bonds. The Bertz CT molecular complexity index is 1070. The van der Waals surface area contributed by atoms with E-state index >= 15 is 0 Å². The molecule has 0 spiro atoms. The predicted octanol–water partition coefficient (Wildman–Crippen LogP) is 5.07. The zero-order chi connectivity index (χ0) is 25.7. The molecule has 7 heteroatoms. The minimum atomic E-state index is -0.942. The third kappa shape index (κ3) is 9.35. The lowest BCUT2D eigenvalue weighted by Gasteiger charge is -2.19. The molecule has 0 saturated carbocycles.